The molecule has 1 amide bonds. The summed E-state index contributed by atoms with van der Waals surface area (Å²) in [5, 5.41) is 9.98. The minimum Gasteiger partial charge on any atom is -0.472 e. The zero-order chi connectivity index (χ0) is 20.0. The first kappa shape index (κ1) is 18.0. The van der Waals surface area contributed by atoms with Crippen LogP contribution in [0.25, 0.3) is 21.7 Å². The molecule has 1 saturated heterocycles. The molecule has 0 atom stereocenters. The van der Waals surface area contributed by atoms with E-state index in [0.29, 0.717) is 67.0 Å². The maximum atomic E-state index is 12.6. The van der Waals surface area contributed by atoms with Gasteiger partial charge in [-0.15, -0.1) is 21.5 Å². The average molecular weight is 415 g/mol. The molecule has 5 heterocycles. The SMILES string of the molecule is CC(=O)N1CCOc2nnc(-c3csc4c(=O)cc(N5CCOCC5)oc34)nc21. The van der Waals surface area contributed by atoms with Crippen molar-refractivity contribution in [3.8, 4) is 17.3 Å². The molecule has 150 valence electrons. The van der Waals surface area contributed by atoms with E-state index in [1.165, 1.54) is 29.2 Å². The van der Waals surface area contributed by atoms with Crippen LogP contribution in [0.5, 0.6) is 5.88 Å². The van der Waals surface area contributed by atoms with Crippen molar-refractivity contribution in [3.63, 3.8) is 0 Å². The van der Waals surface area contributed by atoms with Gasteiger partial charge in [-0.2, -0.15) is 0 Å². The Morgan fingerprint density at radius 2 is 2.00 bits per heavy atom. The van der Waals surface area contributed by atoms with Gasteiger partial charge in [0, 0.05) is 31.5 Å². The molecule has 0 N–H and O–H groups in total. The van der Waals surface area contributed by atoms with Crippen LogP contribution in [0.4, 0.5) is 11.7 Å². The summed E-state index contributed by atoms with van der Waals surface area (Å²) >= 11 is 1.27. The number of amides is 1. The Balaban J connectivity index is 1.62. The number of aromatic nitrogens is 3. The summed E-state index contributed by atoms with van der Waals surface area (Å²) in [7, 11) is 0. The molecule has 0 bridgehead atoms. The molecule has 29 heavy (non-hydrogen) atoms. The lowest BCUT2D eigenvalue weighted by Gasteiger charge is -2.27. The van der Waals surface area contributed by atoms with Gasteiger partial charge in [-0.1, -0.05) is 0 Å². The number of fused-ring (bicyclic) bond motifs is 2. The molecular weight excluding hydrogens is 398 g/mol. The second kappa shape index (κ2) is 7.08. The number of anilines is 2. The summed E-state index contributed by atoms with van der Waals surface area (Å²) < 4.78 is 17.4. The van der Waals surface area contributed by atoms with Gasteiger partial charge in [-0.05, 0) is 0 Å². The van der Waals surface area contributed by atoms with Crippen molar-refractivity contribution in [3.05, 3.63) is 21.7 Å². The molecule has 1 fully saturated rings. The van der Waals surface area contributed by atoms with Gasteiger partial charge < -0.3 is 18.8 Å². The lowest BCUT2D eigenvalue weighted by atomic mass is 10.2. The molecule has 11 heteroatoms. The molecule has 0 spiro atoms. The summed E-state index contributed by atoms with van der Waals surface area (Å²) in [5.41, 5.74) is 0.849. The largest absolute Gasteiger partial charge is 0.472 e. The molecule has 10 nitrogen and oxygen atoms in total. The lowest BCUT2D eigenvalue weighted by Crippen LogP contribution is -2.37. The topological polar surface area (TPSA) is 111 Å². The van der Waals surface area contributed by atoms with Crippen molar-refractivity contribution in [2.75, 3.05) is 49.3 Å². The second-order valence-electron chi connectivity index (χ2n) is 6.64. The zero-order valence-corrected chi connectivity index (χ0v) is 16.4. The van der Waals surface area contributed by atoms with Crippen LogP contribution in [0.2, 0.25) is 0 Å². The Morgan fingerprint density at radius 3 is 2.79 bits per heavy atom. The van der Waals surface area contributed by atoms with E-state index in [4.69, 9.17) is 13.9 Å². The first-order valence-corrected chi connectivity index (χ1v) is 10.0. The maximum absolute atomic E-state index is 12.6. The van der Waals surface area contributed by atoms with Crippen molar-refractivity contribution in [1.29, 1.82) is 0 Å². The molecule has 0 radical (unpaired) electrons. The van der Waals surface area contributed by atoms with Crippen LogP contribution in [-0.4, -0.2) is 60.5 Å². The first-order chi connectivity index (χ1) is 14.1. The van der Waals surface area contributed by atoms with Gasteiger partial charge in [0.25, 0.3) is 5.88 Å². The predicted molar refractivity (Wildman–Crippen MR) is 106 cm³/mol. The van der Waals surface area contributed by atoms with E-state index < -0.39 is 0 Å². The average Bonchev–Trinajstić information content (AvgIpc) is 3.18. The maximum Gasteiger partial charge on any atom is 0.277 e. The number of carbonyl (C=O) groups excluding carboxylic acids is 1. The van der Waals surface area contributed by atoms with Crippen LogP contribution in [0.3, 0.4) is 0 Å². The molecular formula is C18H17N5O5S. The van der Waals surface area contributed by atoms with E-state index in [1.807, 2.05) is 4.90 Å². The van der Waals surface area contributed by atoms with Gasteiger partial charge >= 0.3 is 0 Å². The Kier molecular flexibility index (Phi) is 4.40. The Morgan fingerprint density at radius 1 is 1.17 bits per heavy atom. The Bertz CT molecular complexity index is 1150. The standard InChI is InChI=1S/C18H17N5O5S/c1-10(24)23-4-7-27-18-17(23)19-16(20-21-18)11-9-29-15-12(25)8-13(28-14(11)15)22-2-5-26-6-3-22/h8-9H,2-7H2,1H3. The van der Waals surface area contributed by atoms with Gasteiger partial charge in [0.15, 0.2) is 17.3 Å². The van der Waals surface area contributed by atoms with Crippen LogP contribution in [0, 0.1) is 0 Å². The van der Waals surface area contributed by atoms with E-state index in [0.717, 1.165) is 0 Å². The number of thiophene rings is 1. The normalized spacial score (nSPS) is 16.6. The number of rotatable bonds is 2. The van der Waals surface area contributed by atoms with Crippen molar-refractivity contribution < 1.29 is 18.7 Å². The third-order valence-electron chi connectivity index (χ3n) is 4.82. The van der Waals surface area contributed by atoms with E-state index in [2.05, 4.69) is 15.2 Å². The number of hydrogen-bond donors (Lipinski definition) is 0. The van der Waals surface area contributed by atoms with Crippen molar-refractivity contribution in [2.45, 2.75) is 6.92 Å². The fraction of sp³-hybridized carbons (Fsp3) is 0.389. The van der Waals surface area contributed by atoms with Crippen LogP contribution in [-0.2, 0) is 9.53 Å². The lowest BCUT2D eigenvalue weighted by molar-refractivity contribution is -0.116. The molecule has 2 aliphatic rings. The molecule has 0 unspecified atom stereocenters. The van der Waals surface area contributed by atoms with E-state index in [-0.39, 0.29) is 23.0 Å². The van der Waals surface area contributed by atoms with Crippen molar-refractivity contribution in [1.82, 2.24) is 15.2 Å². The summed E-state index contributed by atoms with van der Waals surface area (Å²) in [4.78, 5) is 32.5. The van der Waals surface area contributed by atoms with E-state index >= 15 is 0 Å². The first-order valence-electron chi connectivity index (χ1n) is 9.16. The molecule has 2 aliphatic heterocycles. The molecule has 5 rings (SSSR count). The monoisotopic (exact) mass is 415 g/mol. The minimum atomic E-state index is -0.155. The summed E-state index contributed by atoms with van der Waals surface area (Å²) in [6, 6.07) is 1.51. The second-order valence-corrected chi connectivity index (χ2v) is 7.52. The number of nitrogens with zero attached hydrogens (tertiary/aromatic N) is 5. The van der Waals surface area contributed by atoms with Gasteiger partial charge in [-0.25, -0.2) is 4.98 Å². The number of ether oxygens (including phenoxy) is 2. The summed E-state index contributed by atoms with van der Waals surface area (Å²) in [5.74, 6) is 1.14. The molecule has 3 aromatic heterocycles. The number of hydrogen-bond acceptors (Lipinski definition) is 10. The minimum absolute atomic E-state index is 0.122. The van der Waals surface area contributed by atoms with Crippen LogP contribution in [0.1, 0.15) is 6.92 Å². The molecule has 0 aromatic carbocycles. The fourth-order valence-corrected chi connectivity index (χ4v) is 4.24. The Hall–Kier alpha value is -3.05. The highest BCUT2D eigenvalue weighted by Crippen LogP contribution is 2.35. The van der Waals surface area contributed by atoms with Gasteiger partial charge in [-0.3, -0.25) is 14.5 Å². The molecule has 0 saturated carbocycles. The zero-order valence-electron chi connectivity index (χ0n) is 15.6. The molecule has 0 aliphatic carbocycles. The van der Waals surface area contributed by atoms with Crippen LogP contribution >= 0.6 is 11.3 Å². The summed E-state index contributed by atoms with van der Waals surface area (Å²) in [6.45, 7) is 4.65. The van der Waals surface area contributed by atoms with Crippen molar-refractivity contribution >= 4 is 39.2 Å². The highest BCUT2D eigenvalue weighted by Gasteiger charge is 2.27. The molecule has 3 aromatic rings. The quantitative estimate of drug-likeness (QED) is 0.611. The Labute approximate surface area is 168 Å². The van der Waals surface area contributed by atoms with Crippen LogP contribution in [0.15, 0.2) is 20.7 Å². The number of carbonyl (C=O) groups is 1. The van der Waals surface area contributed by atoms with Gasteiger partial charge in [0.05, 0.1) is 25.3 Å². The fourth-order valence-electron chi connectivity index (χ4n) is 3.36. The smallest absolute Gasteiger partial charge is 0.277 e. The van der Waals surface area contributed by atoms with Gasteiger partial charge in [0.1, 0.15) is 11.3 Å². The summed E-state index contributed by atoms with van der Waals surface area (Å²) in [6.07, 6.45) is 0. The van der Waals surface area contributed by atoms with Crippen LogP contribution < -0.4 is 20.0 Å². The van der Waals surface area contributed by atoms with Crippen molar-refractivity contribution in [2.24, 2.45) is 0 Å². The van der Waals surface area contributed by atoms with E-state index in [9.17, 15) is 9.59 Å². The highest BCUT2D eigenvalue weighted by molar-refractivity contribution is 7.17. The number of morpholine rings is 1. The highest BCUT2D eigenvalue weighted by atomic mass is 32.1. The third-order valence-corrected chi connectivity index (χ3v) is 5.80. The third kappa shape index (κ3) is 3.12. The van der Waals surface area contributed by atoms with E-state index in [1.54, 1.807) is 5.38 Å². The predicted octanol–water partition coefficient (Wildman–Crippen LogP) is 1.29. The van der Waals surface area contributed by atoms with Gasteiger partial charge in [0.2, 0.25) is 17.2 Å².